The lowest BCUT2D eigenvalue weighted by Gasteiger charge is -2.04. The van der Waals surface area contributed by atoms with Crippen molar-refractivity contribution in [1.29, 1.82) is 0 Å². The van der Waals surface area contributed by atoms with Crippen LogP contribution < -0.4 is 5.73 Å². The Morgan fingerprint density at radius 3 is 0.963 bits per heavy atom. The Labute approximate surface area is 173 Å². The van der Waals surface area contributed by atoms with Gasteiger partial charge in [0.05, 0.1) is 0 Å². The van der Waals surface area contributed by atoms with Crippen molar-refractivity contribution >= 4 is 0 Å². The first-order chi connectivity index (χ1) is 13.3. The van der Waals surface area contributed by atoms with Crippen LogP contribution in [-0.4, -0.2) is 19.8 Å². The fourth-order valence-electron chi connectivity index (χ4n) is 3.31. The van der Waals surface area contributed by atoms with E-state index in [9.17, 15) is 0 Å². The van der Waals surface area contributed by atoms with Crippen LogP contribution in [0.4, 0.5) is 0 Å². The van der Waals surface area contributed by atoms with Gasteiger partial charge in [-0.15, -0.1) is 0 Å². The zero-order valence-corrected chi connectivity index (χ0v) is 19.5. The average Bonchev–Trinajstić information content (AvgIpc) is 2.67. The molecule has 0 aliphatic carbocycles. The summed E-state index contributed by atoms with van der Waals surface area (Å²) in [5.74, 6) is 0. The second-order valence-corrected chi connectivity index (χ2v) is 8.03. The lowest BCUT2D eigenvalue weighted by atomic mass is 10.0. The van der Waals surface area contributed by atoms with E-state index in [2.05, 4.69) is 13.8 Å². The molecule has 0 heterocycles. The largest absolute Gasteiger partial charge is 0.381 e. The third kappa shape index (κ3) is 33.9. The molecule has 0 saturated heterocycles. The molecule has 0 radical (unpaired) electrons. The summed E-state index contributed by atoms with van der Waals surface area (Å²) >= 11 is 0. The van der Waals surface area contributed by atoms with Crippen LogP contribution in [0.2, 0.25) is 0 Å². The van der Waals surface area contributed by atoms with E-state index in [1.165, 1.54) is 122 Å². The second kappa shape index (κ2) is 30.6. The van der Waals surface area contributed by atoms with Crippen LogP contribution in [-0.2, 0) is 4.74 Å². The zero-order valence-electron chi connectivity index (χ0n) is 19.5. The maximum Gasteiger partial charge on any atom is 0.0466 e. The van der Waals surface area contributed by atoms with Crippen LogP contribution >= 0.6 is 0 Å². The van der Waals surface area contributed by atoms with E-state index in [4.69, 9.17) is 10.5 Å². The first-order valence-electron chi connectivity index (χ1n) is 12.6. The van der Waals surface area contributed by atoms with E-state index < -0.39 is 0 Å². The summed E-state index contributed by atoms with van der Waals surface area (Å²) in [7, 11) is 0. The van der Waals surface area contributed by atoms with Crippen LogP contribution in [0.3, 0.4) is 0 Å². The van der Waals surface area contributed by atoms with Crippen LogP contribution in [0, 0.1) is 0 Å². The quantitative estimate of drug-likeness (QED) is 0.201. The summed E-state index contributed by atoms with van der Waals surface area (Å²) in [6.07, 6.45) is 26.8. The number of nitrogens with two attached hydrogens (primary N) is 1. The molecule has 0 rings (SSSR count). The van der Waals surface area contributed by atoms with Gasteiger partial charge in [-0.25, -0.2) is 0 Å². The van der Waals surface area contributed by atoms with Gasteiger partial charge >= 0.3 is 0 Å². The molecular formula is C25H55NO. The van der Waals surface area contributed by atoms with Crippen molar-refractivity contribution in [1.82, 2.24) is 0 Å². The summed E-state index contributed by atoms with van der Waals surface area (Å²) in [5.41, 5.74) is 4.85. The minimum Gasteiger partial charge on any atom is -0.381 e. The molecule has 166 valence electrons. The van der Waals surface area contributed by atoms with Crippen molar-refractivity contribution in [3.63, 3.8) is 0 Å². The molecule has 0 aliphatic rings. The number of unbranched alkanes of at least 4 members (excludes halogenated alkanes) is 17. The van der Waals surface area contributed by atoms with Crippen molar-refractivity contribution in [2.75, 3.05) is 19.8 Å². The van der Waals surface area contributed by atoms with Gasteiger partial charge in [-0.2, -0.15) is 0 Å². The maximum atomic E-state index is 5.65. The molecule has 0 aromatic heterocycles. The molecule has 0 amide bonds. The van der Waals surface area contributed by atoms with Gasteiger partial charge in [0, 0.05) is 13.2 Å². The van der Waals surface area contributed by atoms with Gasteiger partial charge in [0.1, 0.15) is 0 Å². The smallest absolute Gasteiger partial charge is 0.0466 e. The van der Waals surface area contributed by atoms with Gasteiger partial charge in [0.2, 0.25) is 0 Å². The summed E-state index contributed by atoms with van der Waals surface area (Å²) in [6.45, 7) is 9.16. The molecule has 2 nitrogen and oxygen atoms in total. The molecule has 27 heavy (non-hydrogen) atoms. The molecule has 0 bridgehead atoms. The van der Waals surface area contributed by atoms with Crippen molar-refractivity contribution in [3.8, 4) is 0 Å². The van der Waals surface area contributed by atoms with E-state index in [-0.39, 0.29) is 0 Å². The van der Waals surface area contributed by atoms with Gasteiger partial charge in [0.25, 0.3) is 0 Å². The lowest BCUT2D eigenvalue weighted by molar-refractivity contribution is 0.126. The minimum atomic E-state index is 0.750. The molecule has 0 fully saturated rings. The number of hydrogen-bond donors (Lipinski definition) is 1. The third-order valence-corrected chi connectivity index (χ3v) is 5.03. The van der Waals surface area contributed by atoms with E-state index in [0.29, 0.717) is 0 Å². The van der Waals surface area contributed by atoms with Crippen molar-refractivity contribution < 1.29 is 4.74 Å². The lowest BCUT2D eigenvalue weighted by Crippen LogP contribution is -1.96. The van der Waals surface area contributed by atoms with Crippen molar-refractivity contribution in [2.24, 2.45) is 5.73 Å². The van der Waals surface area contributed by atoms with Gasteiger partial charge in [0.15, 0.2) is 0 Å². The highest BCUT2D eigenvalue weighted by atomic mass is 16.5. The molecule has 0 atom stereocenters. The predicted molar refractivity (Wildman–Crippen MR) is 125 cm³/mol. The predicted octanol–water partition coefficient (Wildman–Crippen LogP) is 8.42. The Morgan fingerprint density at radius 2 is 0.630 bits per heavy atom. The highest BCUT2D eigenvalue weighted by Crippen LogP contribution is 2.13. The first-order valence-corrected chi connectivity index (χ1v) is 12.6. The van der Waals surface area contributed by atoms with Crippen molar-refractivity contribution in [2.45, 2.75) is 143 Å². The number of hydrogen-bond acceptors (Lipinski definition) is 2. The van der Waals surface area contributed by atoms with E-state index in [1.807, 2.05) is 6.92 Å². The second-order valence-electron chi connectivity index (χ2n) is 8.03. The van der Waals surface area contributed by atoms with Crippen LogP contribution in [0.15, 0.2) is 0 Å². The monoisotopic (exact) mass is 385 g/mol. The van der Waals surface area contributed by atoms with Crippen LogP contribution in [0.25, 0.3) is 0 Å². The van der Waals surface area contributed by atoms with Gasteiger partial charge in [-0.1, -0.05) is 130 Å². The Kier molecular flexibility index (Phi) is 33.1. The Morgan fingerprint density at radius 1 is 0.407 bits per heavy atom. The van der Waals surface area contributed by atoms with E-state index >= 15 is 0 Å². The SMILES string of the molecule is CCCCCCCCCCCCCCCCCCOCCCCC.CCN. The molecule has 0 unspecified atom stereocenters. The van der Waals surface area contributed by atoms with Gasteiger partial charge in [-0.3, -0.25) is 0 Å². The summed E-state index contributed by atoms with van der Waals surface area (Å²) in [5, 5.41) is 0. The normalized spacial score (nSPS) is 10.7. The molecule has 2 N–H and O–H groups in total. The number of ether oxygens (including phenoxy) is 1. The Hall–Kier alpha value is -0.0800. The topological polar surface area (TPSA) is 35.2 Å². The van der Waals surface area contributed by atoms with Gasteiger partial charge in [-0.05, 0) is 19.4 Å². The van der Waals surface area contributed by atoms with Gasteiger partial charge < -0.3 is 10.5 Å². The molecule has 2 heteroatoms. The standard InChI is InChI=1S/C23H48O.C2H7N/c1-3-5-7-8-9-10-11-12-13-14-15-16-17-18-19-21-23-24-22-20-6-4-2;1-2-3/h3-23H2,1-2H3;2-3H2,1H3. The molecule has 0 aliphatic heterocycles. The molecule has 0 aromatic carbocycles. The highest BCUT2D eigenvalue weighted by molar-refractivity contribution is 4.50. The van der Waals surface area contributed by atoms with Crippen LogP contribution in [0.1, 0.15) is 143 Å². The fourth-order valence-corrected chi connectivity index (χ4v) is 3.31. The summed E-state index contributed by atoms with van der Waals surface area (Å²) in [4.78, 5) is 0. The Bertz CT molecular complexity index is 198. The maximum absolute atomic E-state index is 5.65. The first kappa shape index (κ1) is 29.1. The Balaban J connectivity index is 0. The van der Waals surface area contributed by atoms with E-state index in [0.717, 1.165) is 19.8 Å². The minimum absolute atomic E-state index is 0.750. The highest BCUT2D eigenvalue weighted by Gasteiger charge is 1.95. The average molecular weight is 386 g/mol. The third-order valence-electron chi connectivity index (χ3n) is 5.03. The molecule has 0 spiro atoms. The summed E-state index contributed by atoms with van der Waals surface area (Å²) in [6, 6.07) is 0. The summed E-state index contributed by atoms with van der Waals surface area (Å²) < 4.78 is 5.65. The van der Waals surface area contributed by atoms with Crippen molar-refractivity contribution in [3.05, 3.63) is 0 Å². The number of rotatable bonds is 21. The zero-order chi connectivity index (χ0) is 20.3. The molecular weight excluding hydrogens is 330 g/mol. The molecule has 0 aromatic rings. The fraction of sp³-hybridized carbons (Fsp3) is 1.00. The molecule has 0 saturated carbocycles. The van der Waals surface area contributed by atoms with Crippen LogP contribution in [0.5, 0.6) is 0 Å². The van der Waals surface area contributed by atoms with E-state index in [1.54, 1.807) is 0 Å².